The summed E-state index contributed by atoms with van der Waals surface area (Å²) in [6.45, 7) is 1.94. The van der Waals surface area contributed by atoms with E-state index in [0.717, 1.165) is 39.6 Å². The van der Waals surface area contributed by atoms with Gasteiger partial charge in [0.15, 0.2) is 17.5 Å². The highest BCUT2D eigenvalue weighted by Gasteiger charge is 2.41. The molecule has 0 amide bonds. The Morgan fingerprint density at radius 2 is 1.66 bits per heavy atom. The Kier molecular flexibility index (Phi) is 5.87. The van der Waals surface area contributed by atoms with Gasteiger partial charge < -0.3 is 10.2 Å². The molecule has 2 aliphatic rings. The second-order valence-corrected chi connectivity index (χ2v) is 10.1. The first-order chi connectivity index (χ1) is 20.0. The second kappa shape index (κ2) is 9.72. The molecular formula is C31H22ClN7O2. The average molecular weight is 560 g/mol. The third-order valence-corrected chi connectivity index (χ3v) is 7.39. The summed E-state index contributed by atoms with van der Waals surface area (Å²) in [5.41, 5.74) is 5.62. The maximum atomic E-state index is 11.8. The Morgan fingerprint density at radius 1 is 0.902 bits per heavy atom. The van der Waals surface area contributed by atoms with Gasteiger partial charge in [0.2, 0.25) is 0 Å². The quantitative estimate of drug-likeness (QED) is 0.181. The molecule has 0 radical (unpaired) electrons. The molecule has 9 nitrogen and oxygen atoms in total. The number of nitrogens with one attached hydrogen (secondary N) is 1. The van der Waals surface area contributed by atoms with Crippen molar-refractivity contribution in [2.75, 3.05) is 10.2 Å². The monoisotopic (exact) mass is 559 g/mol. The minimum absolute atomic E-state index is 0.0136. The molecule has 0 aliphatic carbocycles. The molecule has 4 aromatic carbocycles. The number of aromatic nitrogens is 2. The van der Waals surface area contributed by atoms with Crippen LogP contribution in [0, 0.1) is 17.0 Å². The van der Waals surface area contributed by atoms with Crippen molar-refractivity contribution in [3.05, 3.63) is 135 Å². The van der Waals surface area contributed by atoms with E-state index in [1.165, 1.54) is 6.07 Å². The summed E-state index contributed by atoms with van der Waals surface area (Å²) >= 11 is 6.14. The fourth-order valence-corrected chi connectivity index (χ4v) is 5.47. The zero-order chi connectivity index (χ0) is 28.1. The van der Waals surface area contributed by atoms with Crippen LogP contribution >= 0.6 is 11.6 Å². The summed E-state index contributed by atoms with van der Waals surface area (Å²) in [6.07, 6.45) is 0. The van der Waals surface area contributed by atoms with E-state index in [9.17, 15) is 10.1 Å². The predicted molar refractivity (Wildman–Crippen MR) is 161 cm³/mol. The molecule has 3 heterocycles. The zero-order valence-corrected chi connectivity index (χ0v) is 22.5. The summed E-state index contributed by atoms with van der Waals surface area (Å²) in [7, 11) is 0. The van der Waals surface area contributed by atoms with Gasteiger partial charge in [0.05, 0.1) is 33.7 Å². The molecule has 0 spiro atoms. The van der Waals surface area contributed by atoms with E-state index in [-0.39, 0.29) is 10.6 Å². The maximum Gasteiger partial charge on any atom is 0.269 e. The van der Waals surface area contributed by atoms with E-state index in [4.69, 9.17) is 26.7 Å². The Morgan fingerprint density at radius 3 is 2.44 bits per heavy atom. The predicted octanol–water partition coefficient (Wildman–Crippen LogP) is 7.54. The molecule has 1 N–H and O–H groups in total. The molecule has 0 saturated carbocycles. The van der Waals surface area contributed by atoms with E-state index < -0.39 is 6.04 Å². The van der Waals surface area contributed by atoms with Crippen LogP contribution in [-0.2, 0) is 0 Å². The number of halogens is 1. The summed E-state index contributed by atoms with van der Waals surface area (Å²) in [5.74, 6) is 1.74. The van der Waals surface area contributed by atoms with Crippen LogP contribution in [0.25, 0.3) is 5.69 Å². The highest BCUT2D eigenvalue weighted by Crippen LogP contribution is 2.48. The van der Waals surface area contributed by atoms with Crippen LogP contribution < -0.4 is 10.2 Å². The number of hydrogen-bond donors (Lipinski definition) is 1. The number of aliphatic imine (C=N–C) groups is 2. The molecular weight excluding hydrogens is 538 g/mol. The molecule has 0 bridgehead atoms. The highest BCUT2D eigenvalue weighted by molar-refractivity contribution is 6.51. The number of nitrogens with zero attached hydrogens (tertiary/aromatic N) is 6. The number of amidine groups is 2. The lowest BCUT2D eigenvalue weighted by atomic mass is 9.93. The summed E-state index contributed by atoms with van der Waals surface area (Å²) in [4.78, 5) is 23.7. The SMILES string of the molecule is Cc1nn(-c2ccccc2)c2c1[C@H](c1cccc([N+](=O)[O-])c1)N1C(=N2)C(Nc2ccc(Cl)cc2)=Nc2ccccc21. The number of rotatable bonds is 4. The van der Waals surface area contributed by atoms with Crippen LogP contribution in [0.2, 0.25) is 5.02 Å². The summed E-state index contributed by atoms with van der Waals surface area (Å²) in [6, 6.07) is 31.2. The number of hydrogen-bond acceptors (Lipinski definition) is 7. The lowest BCUT2D eigenvalue weighted by Crippen LogP contribution is -2.46. The van der Waals surface area contributed by atoms with Gasteiger partial charge in [-0.3, -0.25) is 10.1 Å². The van der Waals surface area contributed by atoms with Gasteiger partial charge in [-0.15, -0.1) is 0 Å². The number of benzene rings is 4. The van der Waals surface area contributed by atoms with Crippen molar-refractivity contribution in [1.82, 2.24) is 9.78 Å². The van der Waals surface area contributed by atoms with Gasteiger partial charge in [-0.05, 0) is 61.0 Å². The number of nitro benzene ring substituents is 1. The fourth-order valence-electron chi connectivity index (χ4n) is 5.34. The molecule has 5 aromatic rings. The molecule has 7 rings (SSSR count). The normalized spacial score (nSPS) is 15.3. The van der Waals surface area contributed by atoms with Crippen molar-refractivity contribution >= 4 is 51.8 Å². The van der Waals surface area contributed by atoms with Gasteiger partial charge in [0, 0.05) is 28.4 Å². The van der Waals surface area contributed by atoms with E-state index in [0.29, 0.717) is 22.5 Å². The summed E-state index contributed by atoms with van der Waals surface area (Å²) < 4.78 is 1.82. The van der Waals surface area contributed by atoms with Crippen molar-refractivity contribution in [3.8, 4) is 5.69 Å². The minimum Gasteiger partial charge on any atom is -0.337 e. The Hall–Kier alpha value is -5.28. The Bertz CT molecular complexity index is 1880. The van der Waals surface area contributed by atoms with E-state index >= 15 is 0 Å². The smallest absolute Gasteiger partial charge is 0.269 e. The largest absolute Gasteiger partial charge is 0.337 e. The van der Waals surface area contributed by atoms with E-state index in [2.05, 4.69) is 10.2 Å². The van der Waals surface area contributed by atoms with E-state index in [1.54, 1.807) is 24.3 Å². The molecule has 0 unspecified atom stereocenters. The van der Waals surface area contributed by atoms with Crippen LogP contribution in [0.4, 0.5) is 28.6 Å². The fraction of sp³-hybridized carbons (Fsp3) is 0.0645. The van der Waals surface area contributed by atoms with Crippen molar-refractivity contribution < 1.29 is 4.92 Å². The first-order valence-electron chi connectivity index (χ1n) is 13.0. The van der Waals surface area contributed by atoms with Crippen LogP contribution in [0.5, 0.6) is 0 Å². The van der Waals surface area contributed by atoms with Crippen LogP contribution in [0.3, 0.4) is 0 Å². The summed E-state index contributed by atoms with van der Waals surface area (Å²) in [5, 5.41) is 20.8. The average Bonchev–Trinajstić information content (AvgIpc) is 3.33. The second-order valence-electron chi connectivity index (χ2n) is 9.71. The molecule has 41 heavy (non-hydrogen) atoms. The first kappa shape index (κ1) is 24.7. The first-order valence-corrected chi connectivity index (χ1v) is 13.3. The van der Waals surface area contributed by atoms with Gasteiger partial charge in [-0.1, -0.05) is 54.1 Å². The number of fused-ring (bicyclic) bond motifs is 4. The molecule has 200 valence electrons. The highest BCUT2D eigenvalue weighted by atomic mass is 35.5. The van der Waals surface area contributed by atoms with Crippen molar-refractivity contribution in [2.24, 2.45) is 9.98 Å². The molecule has 1 aromatic heterocycles. The van der Waals surface area contributed by atoms with Gasteiger partial charge in [0.1, 0.15) is 0 Å². The minimum atomic E-state index is -0.464. The standard InChI is InChI=1S/C31H22ClN7O2/c1-19-27-28(20-8-7-11-24(18-20)39(40)41)37-26-13-6-5-12-25(26)34-29(33-22-16-14-21(32)15-17-22)31(37)35-30(27)38(36-19)23-9-3-2-4-10-23/h2-18,28H,1H3,(H,33,34)/t28-/m0/s1. The van der Waals surface area contributed by atoms with Gasteiger partial charge >= 0.3 is 0 Å². The third-order valence-electron chi connectivity index (χ3n) is 7.14. The van der Waals surface area contributed by atoms with Crippen LogP contribution in [-0.4, -0.2) is 26.4 Å². The number of anilines is 2. The number of para-hydroxylation sites is 3. The van der Waals surface area contributed by atoms with Crippen LogP contribution in [0.1, 0.15) is 22.9 Å². The van der Waals surface area contributed by atoms with Crippen molar-refractivity contribution in [2.45, 2.75) is 13.0 Å². The number of non-ortho nitro benzene ring substituents is 1. The number of aryl methyl sites for hydroxylation is 1. The molecule has 2 aliphatic heterocycles. The molecule has 0 fully saturated rings. The van der Waals surface area contributed by atoms with Crippen molar-refractivity contribution in [1.29, 1.82) is 0 Å². The van der Waals surface area contributed by atoms with E-state index in [1.807, 2.05) is 84.4 Å². The number of nitro groups is 1. The molecule has 10 heteroatoms. The Labute approximate surface area is 240 Å². The zero-order valence-electron chi connectivity index (χ0n) is 21.8. The van der Waals surface area contributed by atoms with Crippen molar-refractivity contribution in [3.63, 3.8) is 0 Å². The molecule has 0 saturated heterocycles. The van der Waals surface area contributed by atoms with Crippen LogP contribution in [0.15, 0.2) is 113 Å². The molecule has 1 atom stereocenters. The lowest BCUT2D eigenvalue weighted by Gasteiger charge is -2.40. The third kappa shape index (κ3) is 4.23. The van der Waals surface area contributed by atoms with Gasteiger partial charge in [0.25, 0.3) is 5.69 Å². The van der Waals surface area contributed by atoms with Gasteiger partial charge in [-0.25, -0.2) is 14.7 Å². The lowest BCUT2D eigenvalue weighted by molar-refractivity contribution is -0.384. The topological polar surface area (TPSA) is 101 Å². The Balaban J connectivity index is 1.50. The maximum absolute atomic E-state index is 11.8. The van der Waals surface area contributed by atoms with Gasteiger partial charge in [-0.2, -0.15) is 5.10 Å².